The summed E-state index contributed by atoms with van der Waals surface area (Å²) < 4.78 is 7.05. The van der Waals surface area contributed by atoms with Crippen molar-refractivity contribution in [3.05, 3.63) is 70.9 Å². The first-order valence-electron chi connectivity index (χ1n) is 10.1. The van der Waals surface area contributed by atoms with E-state index in [0.717, 1.165) is 39.2 Å². The Morgan fingerprint density at radius 1 is 1.28 bits per heavy atom. The molecule has 0 bridgehead atoms. The van der Waals surface area contributed by atoms with Gasteiger partial charge in [-0.05, 0) is 48.4 Å². The van der Waals surface area contributed by atoms with Crippen LogP contribution in [0.3, 0.4) is 0 Å². The van der Waals surface area contributed by atoms with E-state index in [9.17, 15) is 4.79 Å². The van der Waals surface area contributed by atoms with Gasteiger partial charge in [-0.25, -0.2) is 0 Å². The molecule has 0 radical (unpaired) electrons. The number of hydrogen-bond acceptors (Lipinski definition) is 3. The van der Waals surface area contributed by atoms with Crippen LogP contribution in [0.5, 0.6) is 5.75 Å². The molecule has 5 heteroatoms. The molecule has 29 heavy (non-hydrogen) atoms. The lowest BCUT2D eigenvalue weighted by Crippen LogP contribution is -2.41. The van der Waals surface area contributed by atoms with Crippen molar-refractivity contribution in [2.45, 2.75) is 32.2 Å². The van der Waals surface area contributed by atoms with E-state index in [1.165, 1.54) is 12.8 Å². The van der Waals surface area contributed by atoms with Crippen LogP contribution in [0.25, 0.3) is 5.57 Å². The Hall–Kier alpha value is -2.53. The van der Waals surface area contributed by atoms with Crippen LogP contribution in [0, 0.1) is 0 Å². The van der Waals surface area contributed by atoms with Crippen LogP contribution in [0.15, 0.2) is 65.3 Å². The van der Waals surface area contributed by atoms with Crippen molar-refractivity contribution in [2.75, 3.05) is 23.5 Å². The Kier molecular flexibility index (Phi) is 5.76. The fourth-order valence-electron chi connectivity index (χ4n) is 3.84. The van der Waals surface area contributed by atoms with Gasteiger partial charge in [0.15, 0.2) is 0 Å². The van der Waals surface area contributed by atoms with Crippen molar-refractivity contribution in [2.24, 2.45) is 0 Å². The minimum atomic E-state index is -0.0581. The molecule has 0 saturated carbocycles. The Morgan fingerprint density at radius 3 is 2.83 bits per heavy atom. The molecule has 0 fully saturated rings. The van der Waals surface area contributed by atoms with Gasteiger partial charge in [0.25, 0.3) is 5.91 Å². The lowest BCUT2D eigenvalue weighted by atomic mass is 9.95. The van der Waals surface area contributed by atoms with Crippen molar-refractivity contribution >= 4 is 38.8 Å². The summed E-state index contributed by atoms with van der Waals surface area (Å²) in [7, 11) is 1.80. The van der Waals surface area contributed by atoms with Crippen molar-refractivity contribution in [3.63, 3.8) is 0 Å². The van der Waals surface area contributed by atoms with Crippen molar-refractivity contribution in [1.82, 2.24) is 0 Å². The summed E-state index contributed by atoms with van der Waals surface area (Å²) >= 11 is 3.43. The van der Waals surface area contributed by atoms with Gasteiger partial charge in [0, 0.05) is 35.0 Å². The molecule has 2 heterocycles. The molecule has 2 aliphatic heterocycles. The molecule has 0 spiro atoms. The fourth-order valence-corrected chi connectivity index (χ4v) is 4.11. The average Bonchev–Trinajstić information content (AvgIpc) is 2.75. The Labute approximate surface area is 180 Å². The summed E-state index contributed by atoms with van der Waals surface area (Å²) in [4.78, 5) is 16.9. The van der Waals surface area contributed by atoms with E-state index >= 15 is 0 Å². The monoisotopic (exact) mass is 452 g/mol. The standard InChI is InChI=1S/C24H25BrN2O2/c1-3-4-6-20-16-29-22-8-5-7-21-17(13-14-27(20)24(21)22)15-23(28)26(2)19-11-9-18(25)10-12-19/h5,7-15,20H,3-4,6,16H2,1-2H3/b17-15+. The van der Waals surface area contributed by atoms with E-state index in [-0.39, 0.29) is 5.91 Å². The number of para-hydroxylation sites is 1. The van der Waals surface area contributed by atoms with Crippen LogP contribution in [-0.4, -0.2) is 25.6 Å². The lowest BCUT2D eigenvalue weighted by Gasteiger charge is -2.40. The molecule has 0 N–H and O–H groups in total. The number of anilines is 2. The molecule has 2 aliphatic rings. The number of unbranched alkanes of at least 4 members (excludes halogenated alkanes) is 1. The number of nitrogens with zero attached hydrogens (tertiary/aromatic N) is 2. The summed E-state index contributed by atoms with van der Waals surface area (Å²) in [6, 6.07) is 14.1. The van der Waals surface area contributed by atoms with E-state index < -0.39 is 0 Å². The summed E-state index contributed by atoms with van der Waals surface area (Å²) in [5, 5.41) is 0. The van der Waals surface area contributed by atoms with Crippen LogP contribution >= 0.6 is 15.9 Å². The largest absolute Gasteiger partial charge is 0.489 e. The maximum Gasteiger partial charge on any atom is 0.251 e. The number of benzene rings is 2. The van der Waals surface area contributed by atoms with Gasteiger partial charge in [-0.3, -0.25) is 4.79 Å². The maximum absolute atomic E-state index is 12.9. The minimum Gasteiger partial charge on any atom is -0.489 e. The molecule has 1 amide bonds. The second-order valence-corrected chi connectivity index (χ2v) is 8.37. The lowest BCUT2D eigenvalue weighted by molar-refractivity contribution is -0.113. The van der Waals surface area contributed by atoms with Gasteiger partial charge < -0.3 is 14.5 Å². The Morgan fingerprint density at radius 2 is 2.07 bits per heavy atom. The number of amides is 1. The van der Waals surface area contributed by atoms with Gasteiger partial charge in [0.2, 0.25) is 0 Å². The molecule has 4 rings (SSSR count). The highest BCUT2D eigenvalue weighted by Crippen LogP contribution is 2.44. The van der Waals surface area contributed by atoms with Crippen LogP contribution in [-0.2, 0) is 4.79 Å². The van der Waals surface area contributed by atoms with Crippen LogP contribution in [0.2, 0.25) is 0 Å². The van der Waals surface area contributed by atoms with E-state index in [2.05, 4.69) is 40.0 Å². The van der Waals surface area contributed by atoms with Crippen LogP contribution in [0.1, 0.15) is 31.7 Å². The Balaban J connectivity index is 1.64. The zero-order valence-corrected chi connectivity index (χ0v) is 18.4. The third kappa shape index (κ3) is 3.97. The zero-order chi connectivity index (χ0) is 20.4. The van der Waals surface area contributed by atoms with Crippen LogP contribution in [0.4, 0.5) is 11.4 Å². The number of rotatable bonds is 5. The van der Waals surface area contributed by atoms with Crippen molar-refractivity contribution < 1.29 is 9.53 Å². The van der Waals surface area contributed by atoms with E-state index in [4.69, 9.17) is 4.74 Å². The molecule has 1 atom stereocenters. The third-order valence-electron chi connectivity index (χ3n) is 5.52. The molecular formula is C24H25BrN2O2. The molecule has 0 saturated heterocycles. The predicted octanol–water partition coefficient (Wildman–Crippen LogP) is 5.78. The first kappa shape index (κ1) is 19.8. The predicted molar refractivity (Wildman–Crippen MR) is 122 cm³/mol. The third-order valence-corrected chi connectivity index (χ3v) is 6.05. The quantitative estimate of drug-likeness (QED) is 0.538. The van der Waals surface area contributed by atoms with Gasteiger partial charge in [-0.15, -0.1) is 0 Å². The number of likely N-dealkylation sites (N-methyl/N-ethyl adjacent to an activating group) is 1. The number of ether oxygens (including phenoxy) is 1. The van der Waals surface area contributed by atoms with Crippen LogP contribution < -0.4 is 14.5 Å². The second kappa shape index (κ2) is 8.46. The average molecular weight is 453 g/mol. The highest BCUT2D eigenvalue weighted by Gasteiger charge is 2.31. The molecular weight excluding hydrogens is 428 g/mol. The van der Waals surface area contributed by atoms with E-state index in [1.807, 2.05) is 42.5 Å². The fraction of sp³-hybridized carbons (Fsp3) is 0.292. The molecule has 0 aromatic heterocycles. The number of allylic oxidation sites excluding steroid dienone is 2. The Bertz CT molecular complexity index is 965. The van der Waals surface area contributed by atoms with Gasteiger partial charge in [0.1, 0.15) is 12.4 Å². The van der Waals surface area contributed by atoms with Gasteiger partial charge in [0.05, 0.1) is 11.7 Å². The maximum atomic E-state index is 12.9. The second-order valence-electron chi connectivity index (χ2n) is 7.46. The van der Waals surface area contributed by atoms with Crippen molar-refractivity contribution in [1.29, 1.82) is 0 Å². The van der Waals surface area contributed by atoms with Crippen molar-refractivity contribution in [3.8, 4) is 5.75 Å². The zero-order valence-electron chi connectivity index (χ0n) is 16.8. The molecule has 1 unspecified atom stereocenters. The number of halogens is 1. The summed E-state index contributed by atoms with van der Waals surface area (Å²) in [5.74, 6) is 0.830. The summed E-state index contributed by atoms with van der Waals surface area (Å²) in [6.45, 7) is 2.91. The first-order chi connectivity index (χ1) is 14.1. The van der Waals surface area contributed by atoms with E-state index in [0.29, 0.717) is 12.6 Å². The van der Waals surface area contributed by atoms with E-state index in [1.54, 1.807) is 18.0 Å². The highest BCUT2D eigenvalue weighted by molar-refractivity contribution is 9.10. The number of carbonyl (C=O) groups excluding carboxylic acids is 1. The highest BCUT2D eigenvalue weighted by atomic mass is 79.9. The molecule has 4 nitrogen and oxygen atoms in total. The molecule has 0 aliphatic carbocycles. The molecule has 2 aromatic rings. The summed E-state index contributed by atoms with van der Waals surface area (Å²) in [6.07, 6.45) is 9.30. The number of hydrogen-bond donors (Lipinski definition) is 0. The number of carbonyl (C=O) groups is 1. The van der Waals surface area contributed by atoms with Gasteiger partial charge in [-0.1, -0.05) is 47.8 Å². The smallest absolute Gasteiger partial charge is 0.251 e. The normalized spacial score (nSPS) is 18.4. The molecule has 2 aromatic carbocycles. The summed E-state index contributed by atoms with van der Waals surface area (Å²) in [5.41, 5.74) is 3.89. The minimum absolute atomic E-state index is 0.0581. The SMILES string of the molecule is CCCCC1COc2cccc3c2N1C=C/C3=C\C(=O)N(C)c1ccc(Br)cc1. The topological polar surface area (TPSA) is 32.8 Å². The van der Waals surface area contributed by atoms with Gasteiger partial charge >= 0.3 is 0 Å². The first-order valence-corrected chi connectivity index (χ1v) is 10.9. The molecule has 150 valence electrons. The van der Waals surface area contributed by atoms with Gasteiger partial charge in [-0.2, -0.15) is 0 Å².